The van der Waals surface area contributed by atoms with Gasteiger partial charge >= 0.3 is 5.97 Å². The zero-order valence-electron chi connectivity index (χ0n) is 16.9. The van der Waals surface area contributed by atoms with E-state index in [1.807, 2.05) is 54.6 Å². The second-order valence-corrected chi connectivity index (χ2v) is 7.56. The van der Waals surface area contributed by atoms with Crippen LogP contribution in [0.15, 0.2) is 72.8 Å². The highest BCUT2D eigenvalue weighted by Gasteiger charge is 2.23. The molecule has 0 fully saturated rings. The Labute approximate surface area is 179 Å². The Balaban J connectivity index is 1.30. The van der Waals surface area contributed by atoms with Crippen molar-refractivity contribution < 1.29 is 14.3 Å². The molecule has 1 N–H and O–H groups in total. The largest absolute Gasteiger partial charge is 0.452 e. The Hall–Kier alpha value is -3.93. The van der Waals surface area contributed by atoms with Crippen LogP contribution in [0.25, 0.3) is 22.4 Å². The molecule has 0 spiro atoms. The minimum absolute atomic E-state index is 0.191. The van der Waals surface area contributed by atoms with Gasteiger partial charge in [0.25, 0.3) is 5.91 Å². The number of para-hydroxylation sites is 2. The number of carbonyl (C=O) groups is 2. The van der Waals surface area contributed by atoms with Gasteiger partial charge in [0, 0.05) is 18.7 Å². The first-order valence-electron chi connectivity index (χ1n) is 10.2. The molecule has 0 bridgehead atoms. The number of esters is 1. The van der Waals surface area contributed by atoms with Crippen molar-refractivity contribution in [2.75, 3.05) is 13.2 Å². The summed E-state index contributed by atoms with van der Waals surface area (Å²) in [6, 6.07) is 22.9. The lowest BCUT2D eigenvalue weighted by atomic mass is 10.00. The summed E-state index contributed by atoms with van der Waals surface area (Å²) in [5, 5.41) is 0. The molecule has 0 radical (unpaired) electrons. The third kappa shape index (κ3) is 3.80. The molecule has 0 atom stereocenters. The number of hydrogen-bond acceptors (Lipinski definition) is 4. The Morgan fingerprint density at radius 1 is 0.935 bits per heavy atom. The number of benzene rings is 3. The summed E-state index contributed by atoms with van der Waals surface area (Å²) < 4.78 is 5.40. The molecule has 0 unspecified atom stereocenters. The van der Waals surface area contributed by atoms with E-state index in [0.29, 0.717) is 30.0 Å². The number of amides is 1. The van der Waals surface area contributed by atoms with E-state index in [0.717, 1.165) is 23.0 Å². The predicted octanol–water partition coefficient (Wildman–Crippen LogP) is 3.97. The van der Waals surface area contributed by atoms with Gasteiger partial charge in [0.15, 0.2) is 6.61 Å². The predicted molar refractivity (Wildman–Crippen MR) is 117 cm³/mol. The summed E-state index contributed by atoms with van der Waals surface area (Å²) >= 11 is 0. The second kappa shape index (κ2) is 8.07. The van der Waals surface area contributed by atoms with Crippen LogP contribution >= 0.6 is 0 Å². The summed E-state index contributed by atoms with van der Waals surface area (Å²) in [4.78, 5) is 35.0. The van der Waals surface area contributed by atoms with Crippen molar-refractivity contribution in [3.05, 3.63) is 89.5 Å². The van der Waals surface area contributed by atoms with Crippen LogP contribution in [0.2, 0.25) is 0 Å². The fourth-order valence-electron chi connectivity index (χ4n) is 3.95. The van der Waals surface area contributed by atoms with Crippen molar-refractivity contribution >= 4 is 22.9 Å². The molecular weight excluding hydrogens is 390 g/mol. The van der Waals surface area contributed by atoms with Gasteiger partial charge in [-0.3, -0.25) is 4.79 Å². The van der Waals surface area contributed by atoms with Crippen LogP contribution in [0.3, 0.4) is 0 Å². The molecule has 154 valence electrons. The fraction of sp³-hybridized carbons (Fsp3) is 0.160. The number of imidazole rings is 1. The Morgan fingerprint density at radius 2 is 1.68 bits per heavy atom. The maximum atomic E-state index is 12.8. The molecule has 0 aliphatic carbocycles. The summed E-state index contributed by atoms with van der Waals surface area (Å²) in [6.07, 6.45) is 0.810. The zero-order valence-corrected chi connectivity index (χ0v) is 16.9. The van der Waals surface area contributed by atoms with Gasteiger partial charge in [-0.15, -0.1) is 0 Å². The average molecular weight is 411 g/mol. The third-order valence-corrected chi connectivity index (χ3v) is 5.60. The first-order valence-corrected chi connectivity index (χ1v) is 10.2. The summed E-state index contributed by atoms with van der Waals surface area (Å²) in [5.41, 5.74) is 5.14. The molecule has 0 saturated carbocycles. The van der Waals surface area contributed by atoms with E-state index >= 15 is 0 Å². The molecule has 2 heterocycles. The molecule has 1 aliphatic rings. The maximum absolute atomic E-state index is 12.8. The number of rotatable bonds is 4. The van der Waals surface area contributed by atoms with Gasteiger partial charge in [-0.25, -0.2) is 9.78 Å². The minimum Gasteiger partial charge on any atom is -0.452 e. The summed E-state index contributed by atoms with van der Waals surface area (Å²) in [5.74, 6) is -0.140. The van der Waals surface area contributed by atoms with Crippen LogP contribution in [0.1, 0.15) is 21.5 Å². The maximum Gasteiger partial charge on any atom is 0.339 e. The molecule has 5 rings (SSSR count). The molecule has 1 amide bonds. The number of nitrogens with one attached hydrogen (secondary N) is 1. The van der Waals surface area contributed by atoms with Gasteiger partial charge in [-0.2, -0.15) is 0 Å². The van der Waals surface area contributed by atoms with Crippen LogP contribution in [0.4, 0.5) is 0 Å². The quantitative estimate of drug-likeness (QED) is 0.516. The first-order chi connectivity index (χ1) is 15.2. The average Bonchev–Trinajstić information content (AvgIpc) is 3.26. The Bertz CT molecular complexity index is 1240. The standard InChI is InChI=1S/C25H21N3O3/c29-23(28-14-13-17-7-1-2-8-18(17)15-28)16-31-25(30)20-10-4-3-9-19(20)24-26-21-11-5-6-12-22(21)27-24/h1-12H,13-16H2,(H,26,27). The summed E-state index contributed by atoms with van der Waals surface area (Å²) in [7, 11) is 0. The van der Waals surface area contributed by atoms with Crippen molar-refractivity contribution in [1.82, 2.24) is 14.9 Å². The van der Waals surface area contributed by atoms with E-state index in [1.54, 1.807) is 17.0 Å². The number of fused-ring (bicyclic) bond motifs is 2. The van der Waals surface area contributed by atoms with Crippen molar-refractivity contribution in [1.29, 1.82) is 0 Å². The van der Waals surface area contributed by atoms with Crippen LogP contribution < -0.4 is 0 Å². The van der Waals surface area contributed by atoms with E-state index in [4.69, 9.17) is 4.74 Å². The number of H-pyrrole nitrogens is 1. The van der Waals surface area contributed by atoms with Crippen LogP contribution in [0.5, 0.6) is 0 Å². The molecular formula is C25H21N3O3. The highest BCUT2D eigenvalue weighted by Crippen LogP contribution is 2.25. The molecule has 1 aromatic heterocycles. The number of aromatic nitrogens is 2. The molecule has 3 aromatic carbocycles. The molecule has 6 heteroatoms. The van der Waals surface area contributed by atoms with Crippen molar-refractivity contribution in [3.8, 4) is 11.4 Å². The fourth-order valence-corrected chi connectivity index (χ4v) is 3.95. The van der Waals surface area contributed by atoms with Gasteiger partial charge in [0.1, 0.15) is 5.82 Å². The van der Waals surface area contributed by atoms with E-state index in [9.17, 15) is 9.59 Å². The van der Waals surface area contributed by atoms with Gasteiger partial charge < -0.3 is 14.6 Å². The van der Waals surface area contributed by atoms with Crippen LogP contribution in [-0.2, 0) is 22.5 Å². The number of nitrogens with zero attached hydrogens (tertiary/aromatic N) is 2. The van der Waals surface area contributed by atoms with Gasteiger partial charge in [-0.05, 0) is 35.7 Å². The Kier molecular flexibility index (Phi) is 4.96. The van der Waals surface area contributed by atoms with Gasteiger partial charge in [0.2, 0.25) is 0 Å². The van der Waals surface area contributed by atoms with Crippen molar-refractivity contribution in [3.63, 3.8) is 0 Å². The lowest BCUT2D eigenvalue weighted by Gasteiger charge is -2.28. The lowest BCUT2D eigenvalue weighted by molar-refractivity contribution is -0.135. The smallest absolute Gasteiger partial charge is 0.339 e. The summed E-state index contributed by atoms with van der Waals surface area (Å²) in [6.45, 7) is 0.889. The van der Waals surface area contributed by atoms with Gasteiger partial charge in [0.05, 0.1) is 16.6 Å². The highest BCUT2D eigenvalue weighted by molar-refractivity contribution is 5.98. The third-order valence-electron chi connectivity index (χ3n) is 5.60. The van der Waals surface area contributed by atoms with Crippen molar-refractivity contribution in [2.45, 2.75) is 13.0 Å². The van der Waals surface area contributed by atoms with Gasteiger partial charge in [-0.1, -0.05) is 54.6 Å². The molecule has 4 aromatic rings. The molecule has 6 nitrogen and oxygen atoms in total. The van der Waals surface area contributed by atoms with Crippen molar-refractivity contribution in [2.24, 2.45) is 0 Å². The topological polar surface area (TPSA) is 75.3 Å². The van der Waals surface area contributed by atoms with E-state index in [2.05, 4.69) is 16.0 Å². The SMILES string of the molecule is O=C(OCC(=O)N1CCc2ccccc2C1)c1ccccc1-c1nc2ccccc2[nH]1. The minimum atomic E-state index is -0.540. The molecule has 0 saturated heterocycles. The lowest BCUT2D eigenvalue weighted by Crippen LogP contribution is -2.38. The van der Waals surface area contributed by atoms with Crippen LogP contribution in [0, 0.1) is 0 Å². The number of carbonyl (C=O) groups excluding carboxylic acids is 2. The molecule has 31 heavy (non-hydrogen) atoms. The zero-order chi connectivity index (χ0) is 21.2. The normalized spacial score (nSPS) is 13.1. The highest BCUT2D eigenvalue weighted by atomic mass is 16.5. The second-order valence-electron chi connectivity index (χ2n) is 7.56. The monoisotopic (exact) mass is 411 g/mol. The first kappa shape index (κ1) is 19.1. The molecule has 1 aliphatic heterocycles. The van der Waals surface area contributed by atoms with E-state index in [1.165, 1.54) is 5.56 Å². The van der Waals surface area contributed by atoms with E-state index in [-0.39, 0.29) is 12.5 Å². The number of aromatic amines is 1. The van der Waals surface area contributed by atoms with E-state index < -0.39 is 5.97 Å². The van der Waals surface area contributed by atoms with Crippen LogP contribution in [-0.4, -0.2) is 39.9 Å². The number of hydrogen-bond donors (Lipinski definition) is 1. The Morgan fingerprint density at radius 3 is 2.55 bits per heavy atom. The number of ether oxygens (including phenoxy) is 1.